The SMILES string of the molecule is Cc1cc2nc3cc(C)c(NC(C)(C)C)cc3[n+](-c3ccccc3)c2cc1N. The van der Waals surface area contributed by atoms with Crippen molar-refractivity contribution in [2.75, 3.05) is 11.1 Å². The third-order valence-corrected chi connectivity index (χ3v) is 4.93. The zero-order valence-corrected chi connectivity index (χ0v) is 17.2. The maximum atomic E-state index is 6.26. The van der Waals surface area contributed by atoms with Crippen molar-refractivity contribution in [1.29, 1.82) is 0 Å². The number of fused-ring (bicyclic) bond motifs is 2. The molecule has 4 aromatic rings. The Morgan fingerprint density at radius 2 is 1.46 bits per heavy atom. The van der Waals surface area contributed by atoms with Gasteiger partial charge in [0.1, 0.15) is 11.0 Å². The summed E-state index contributed by atoms with van der Waals surface area (Å²) in [6.45, 7) is 10.7. The fraction of sp³-hybridized carbons (Fsp3) is 0.250. The topological polar surface area (TPSA) is 54.8 Å². The number of aryl methyl sites for hydroxylation is 2. The van der Waals surface area contributed by atoms with Gasteiger partial charge in [0, 0.05) is 41.2 Å². The number of para-hydroxylation sites is 1. The van der Waals surface area contributed by atoms with Gasteiger partial charge in [-0.3, -0.25) is 0 Å². The van der Waals surface area contributed by atoms with Crippen molar-refractivity contribution in [1.82, 2.24) is 4.98 Å². The minimum Gasteiger partial charge on any atom is -0.398 e. The lowest BCUT2D eigenvalue weighted by atomic mass is 10.1. The molecule has 0 aliphatic rings. The monoisotopic (exact) mass is 371 g/mol. The quantitative estimate of drug-likeness (QED) is 0.294. The van der Waals surface area contributed by atoms with Gasteiger partial charge in [-0.1, -0.05) is 18.2 Å². The Kier molecular flexibility index (Phi) is 4.22. The molecule has 0 fully saturated rings. The Morgan fingerprint density at radius 1 is 0.857 bits per heavy atom. The molecule has 0 aliphatic heterocycles. The number of benzene rings is 3. The molecule has 0 unspecified atom stereocenters. The number of hydrogen-bond donors (Lipinski definition) is 2. The second-order valence-electron chi connectivity index (χ2n) is 8.51. The van der Waals surface area contributed by atoms with Gasteiger partial charge in [-0.05, 0) is 57.9 Å². The van der Waals surface area contributed by atoms with E-state index < -0.39 is 0 Å². The van der Waals surface area contributed by atoms with Crippen LogP contribution in [0.15, 0.2) is 54.6 Å². The second kappa shape index (κ2) is 6.48. The largest absolute Gasteiger partial charge is 0.398 e. The van der Waals surface area contributed by atoms with E-state index in [1.165, 1.54) is 5.56 Å². The highest BCUT2D eigenvalue weighted by Gasteiger charge is 2.22. The average molecular weight is 372 g/mol. The van der Waals surface area contributed by atoms with Crippen LogP contribution in [-0.4, -0.2) is 10.5 Å². The molecule has 1 aromatic heterocycles. The Bertz CT molecular complexity index is 1190. The number of nitrogen functional groups attached to an aromatic ring is 1. The van der Waals surface area contributed by atoms with Crippen LogP contribution >= 0.6 is 0 Å². The molecule has 0 radical (unpaired) electrons. The molecule has 4 heteroatoms. The van der Waals surface area contributed by atoms with E-state index in [2.05, 4.69) is 80.0 Å². The Hall–Kier alpha value is -3.14. The Morgan fingerprint density at radius 3 is 2.11 bits per heavy atom. The van der Waals surface area contributed by atoms with Crippen LogP contribution in [0.3, 0.4) is 0 Å². The summed E-state index contributed by atoms with van der Waals surface area (Å²) in [5.41, 5.74) is 15.4. The molecule has 0 aliphatic carbocycles. The van der Waals surface area contributed by atoms with E-state index in [0.717, 1.165) is 44.7 Å². The van der Waals surface area contributed by atoms with Crippen molar-refractivity contribution >= 4 is 33.4 Å². The molecular formula is C24H27N4+. The van der Waals surface area contributed by atoms with E-state index in [1.807, 2.05) is 19.1 Å². The minimum atomic E-state index is -0.0260. The van der Waals surface area contributed by atoms with Crippen molar-refractivity contribution in [3.8, 4) is 5.69 Å². The fourth-order valence-electron chi connectivity index (χ4n) is 3.57. The van der Waals surface area contributed by atoms with Gasteiger partial charge < -0.3 is 11.1 Å². The molecule has 1 heterocycles. The van der Waals surface area contributed by atoms with E-state index in [0.29, 0.717) is 0 Å². The highest BCUT2D eigenvalue weighted by atomic mass is 15.0. The predicted octanol–water partition coefficient (Wildman–Crippen LogP) is 5.07. The van der Waals surface area contributed by atoms with Gasteiger partial charge in [0.15, 0.2) is 0 Å². The maximum absolute atomic E-state index is 6.26. The first-order chi connectivity index (χ1) is 13.2. The molecule has 3 aromatic carbocycles. The number of nitrogens with zero attached hydrogens (tertiary/aromatic N) is 2. The van der Waals surface area contributed by atoms with E-state index in [4.69, 9.17) is 10.7 Å². The van der Waals surface area contributed by atoms with Crippen LogP contribution in [-0.2, 0) is 0 Å². The summed E-state index contributed by atoms with van der Waals surface area (Å²) in [7, 11) is 0. The third-order valence-electron chi connectivity index (χ3n) is 4.93. The first kappa shape index (κ1) is 18.2. The number of hydrogen-bond acceptors (Lipinski definition) is 3. The molecule has 0 atom stereocenters. The van der Waals surface area contributed by atoms with Crippen LogP contribution in [0.25, 0.3) is 27.8 Å². The molecular weight excluding hydrogens is 344 g/mol. The zero-order valence-electron chi connectivity index (χ0n) is 17.2. The van der Waals surface area contributed by atoms with Crippen LogP contribution < -0.4 is 15.6 Å². The van der Waals surface area contributed by atoms with E-state index >= 15 is 0 Å². The van der Waals surface area contributed by atoms with Crippen LogP contribution in [0.1, 0.15) is 31.9 Å². The van der Waals surface area contributed by atoms with Crippen molar-refractivity contribution in [2.45, 2.75) is 40.2 Å². The van der Waals surface area contributed by atoms with Gasteiger partial charge in [0.25, 0.3) is 0 Å². The number of nitrogens with one attached hydrogen (secondary N) is 1. The normalized spacial score (nSPS) is 11.9. The molecule has 4 nitrogen and oxygen atoms in total. The first-order valence-corrected chi connectivity index (χ1v) is 9.63. The third kappa shape index (κ3) is 3.26. The van der Waals surface area contributed by atoms with E-state index in [9.17, 15) is 0 Å². The van der Waals surface area contributed by atoms with Crippen LogP contribution in [0.4, 0.5) is 11.4 Å². The molecule has 28 heavy (non-hydrogen) atoms. The lowest BCUT2D eigenvalue weighted by molar-refractivity contribution is -0.538. The highest BCUT2D eigenvalue weighted by Crippen LogP contribution is 2.27. The summed E-state index contributed by atoms with van der Waals surface area (Å²) in [6, 6.07) is 18.8. The predicted molar refractivity (Wildman–Crippen MR) is 118 cm³/mol. The standard InChI is InChI=1S/C24H26N4/c1-15-11-20-22(13-18(15)25)28(17-9-7-6-8-10-17)23-14-19(27-24(3,4)5)16(2)12-21(23)26-20/h6-14H,1-5H3,(H2,25,27)/p+1. The summed E-state index contributed by atoms with van der Waals surface area (Å²) in [5, 5.41) is 3.62. The summed E-state index contributed by atoms with van der Waals surface area (Å²) in [5.74, 6) is 0. The summed E-state index contributed by atoms with van der Waals surface area (Å²) in [6.07, 6.45) is 0. The van der Waals surface area contributed by atoms with Gasteiger partial charge in [-0.2, -0.15) is 0 Å². The van der Waals surface area contributed by atoms with E-state index in [1.54, 1.807) is 0 Å². The van der Waals surface area contributed by atoms with Crippen LogP contribution in [0.5, 0.6) is 0 Å². The van der Waals surface area contributed by atoms with Crippen molar-refractivity contribution in [3.05, 3.63) is 65.7 Å². The molecule has 0 amide bonds. The van der Waals surface area contributed by atoms with E-state index in [-0.39, 0.29) is 5.54 Å². The molecule has 3 N–H and O–H groups in total. The lowest BCUT2D eigenvalue weighted by Gasteiger charge is -2.23. The molecule has 0 spiro atoms. The summed E-state index contributed by atoms with van der Waals surface area (Å²) in [4.78, 5) is 4.96. The maximum Gasteiger partial charge on any atom is 0.239 e. The van der Waals surface area contributed by atoms with Crippen molar-refractivity contribution in [2.24, 2.45) is 0 Å². The van der Waals surface area contributed by atoms with Gasteiger partial charge in [0.2, 0.25) is 16.7 Å². The second-order valence-corrected chi connectivity index (χ2v) is 8.51. The van der Waals surface area contributed by atoms with Crippen LogP contribution in [0.2, 0.25) is 0 Å². The smallest absolute Gasteiger partial charge is 0.239 e. The average Bonchev–Trinajstić information content (AvgIpc) is 2.62. The van der Waals surface area contributed by atoms with Gasteiger partial charge in [-0.25, -0.2) is 4.98 Å². The van der Waals surface area contributed by atoms with Crippen LogP contribution in [0, 0.1) is 13.8 Å². The summed E-state index contributed by atoms with van der Waals surface area (Å²) >= 11 is 0. The number of anilines is 2. The fourth-order valence-corrected chi connectivity index (χ4v) is 3.57. The molecule has 0 saturated heterocycles. The highest BCUT2D eigenvalue weighted by molar-refractivity contribution is 5.87. The van der Waals surface area contributed by atoms with Gasteiger partial charge in [-0.15, -0.1) is 4.57 Å². The number of nitrogens with two attached hydrogens (primary N) is 1. The van der Waals surface area contributed by atoms with Crippen molar-refractivity contribution in [3.63, 3.8) is 0 Å². The zero-order chi connectivity index (χ0) is 20.1. The molecule has 142 valence electrons. The molecule has 0 bridgehead atoms. The number of aromatic nitrogens is 2. The van der Waals surface area contributed by atoms with Gasteiger partial charge in [0.05, 0.1) is 0 Å². The Balaban J connectivity index is 2.13. The first-order valence-electron chi connectivity index (χ1n) is 9.63. The summed E-state index contributed by atoms with van der Waals surface area (Å²) < 4.78 is 2.25. The Labute approximate surface area is 166 Å². The van der Waals surface area contributed by atoms with Gasteiger partial charge >= 0.3 is 0 Å². The van der Waals surface area contributed by atoms with Crippen molar-refractivity contribution < 1.29 is 4.57 Å². The lowest BCUT2D eigenvalue weighted by Crippen LogP contribution is -2.34. The molecule has 4 rings (SSSR count). The minimum absolute atomic E-state index is 0.0260. The number of rotatable bonds is 2. The molecule has 0 saturated carbocycles.